The molecule has 6 heteroatoms. The number of aromatic nitrogens is 4. The lowest BCUT2D eigenvalue weighted by molar-refractivity contribution is 0.0950. The predicted molar refractivity (Wildman–Crippen MR) is 100 cm³/mol. The first-order valence-electron chi connectivity index (χ1n) is 9.29. The van der Waals surface area contributed by atoms with E-state index in [0.29, 0.717) is 18.0 Å². The van der Waals surface area contributed by atoms with E-state index in [9.17, 15) is 4.79 Å². The normalized spacial score (nSPS) is 13.9. The standard InChI is InChI=1S/C20H23N5O/c1-3-15-16(4-2)23-19-9-13(7-8-17(19)22-15)20(26)21-11-14-10-18(25-24-14)12-5-6-12/h7-10,12H,3-6,11H2,1-2H3,(H,21,26)(H,24,25). The van der Waals surface area contributed by atoms with Gasteiger partial charge < -0.3 is 5.32 Å². The number of nitrogens with one attached hydrogen (secondary N) is 2. The summed E-state index contributed by atoms with van der Waals surface area (Å²) in [5.41, 5.74) is 6.27. The first kappa shape index (κ1) is 16.7. The number of H-pyrrole nitrogens is 1. The van der Waals surface area contributed by atoms with Crippen LogP contribution in [0.25, 0.3) is 11.0 Å². The van der Waals surface area contributed by atoms with E-state index in [2.05, 4.69) is 34.3 Å². The molecule has 1 aromatic carbocycles. The molecular weight excluding hydrogens is 326 g/mol. The maximum atomic E-state index is 12.5. The molecule has 0 saturated heterocycles. The van der Waals surface area contributed by atoms with Crippen LogP contribution in [0.5, 0.6) is 0 Å². The highest BCUT2D eigenvalue weighted by atomic mass is 16.1. The quantitative estimate of drug-likeness (QED) is 0.715. The number of aryl methyl sites for hydroxylation is 2. The van der Waals surface area contributed by atoms with Gasteiger partial charge in [-0.05, 0) is 49.9 Å². The van der Waals surface area contributed by atoms with Crippen LogP contribution in [0.1, 0.15) is 65.7 Å². The summed E-state index contributed by atoms with van der Waals surface area (Å²) in [7, 11) is 0. The van der Waals surface area contributed by atoms with Crippen LogP contribution in [0.15, 0.2) is 24.3 Å². The van der Waals surface area contributed by atoms with E-state index in [1.54, 1.807) is 6.07 Å². The third kappa shape index (κ3) is 3.31. The first-order valence-corrected chi connectivity index (χ1v) is 9.29. The molecular formula is C20H23N5O. The van der Waals surface area contributed by atoms with Crippen molar-refractivity contribution in [1.82, 2.24) is 25.5 Å². The average Bonchev–Trinajstić information content (AvgIpc) is 3.42. The predicted octanol–water partition coefficient (Wildman–Crippen LogP) is 3.29. The first-order chi connectivity index (χ1) is 12.7. The molecule has 134 valence electrons. The molecule has 1 fully saturated rings. The number of amides is 1. The van der Waals surface area contributed by atoms with Crippen molar-refractivity contribution in [2.24, 2.45) is 0 Å². The van der Waals surface area contributed by atoms with E-state index in [-0.39, 0.29) is 5.91 Å². The van der Waals surface area contributed by atoms with Gasteiger partial charge >= 0.3 is 0 Å². The van der Waals surface area contributed by atoms with E-state index in [0.717, 1.165) is 46.7 Å². The molecule has 1 saturated carbocycles. The molecule has 0 bridgehead atoms. The summed E-state index contributed by atoms with van der Waals surface area (Å²) in [6, 6.07) is 7.54. The molecule has 2 heterocycles. The van der Waals surface area contributed by atoms with Gasteiger partial charge in [-0.2, -0.15) is 5.10 Å². The van der Waals surface area contributed by atoms with Crippen LogP contribution in [0.2, 0.25) is 0 Å². The number of carbonyl (C=O) groups is 1. The second-order valence-corrected chi connectivity index (χ2v) is 6.80. The largest absolute Gasteiger partial charge is 0.346 e. The Balaban J connectivity index is 1.50. The highest BCUT2D eigenvalue weighted by Gasteiger charge is 2.26. The van der Waals surface area contributed by atoms with E-state index >= 15 is 0 Å². The lowest BCUT2D eigenvalue weighted by atomic mass is 10.1. The Kier molecular flexibility index (Phi) is 4.41. The SMILES string of the molecule is CCc1nc2ccc(C(=O)NCc3cc(C4CC4)n[nH]3)cc2nc1CC. The Morgan fingerprint density at radius 1 is 1.12 bits per heavy atom. The van der Waals surface area contributed by atoms with Crippen molar-refractivity contribution < 1.29 is 4.79 Å². The lowest BCUT2D eigenvalue weighted by Gasteiger charge is -2.08. The highest BCUT2D eigenvalue weighted by Crippen LogP contribution is 2.38. The molecule has 3 aromatic rings. The fourth-order valence-corrected chi connectivity index (χ4v) is 3.17. The number of benzene rings is 1. The molecule has 0 aliphatic heterocycles. The smallest absolute Gasteiger partial charge is 0.251 e. The maximum absolute atomic E-state index is 12.5. The minimum atomic E-state index is -0.117. The number of hydrogen-bond acceptors (Lipinski definition) is 4. The molecule has 0 unspecified atom stereocenters. The molecule has 4 rings (SSSR count). The Morgan fingerprint density at radius 2 is 1.85 bits per heavy atom. The van der Waals surface area contributed by atoms with E-state index in [1.165, 1.54) is 12.8 Å². The average molecular weight is 349 g/mol. The third-order valence-corrected chi connectivity index (χ3v) is 4.84. The van der Waals surface area contributed by atoms with Crippen LogP contribution in [-0.4, -0.2) is 26.1 Å². The zero-order valence-corrected chi connectivity index (χ0v) is 15.2. The summed E-state index contributed by atoms with van der Waals surface area (Å²) in [5, 5.41) is 10.3. The van der Waals surface area contributed by atoms with Crippen molar-refractivity contribution in [3.8, 4) is 0 Å². The number of aromatic amines is 1. The monoisotopic (exact) mass is 349 g/mol. The van der Waals surface area contributed by atoms with Crippen molar-refractivity contribution in [3.63, 3.8) is 0 Å². The minimum absolute atomic E-state index is 0.117. The summed E-state index contributed by atoms with van der Waals surface area (Å²) in [4.78, 5) is 21.9. The van der Waals surface area contributed by atoms with Gasteiger partial charge in [0.25, 0.3) is 5.91 Å². The van der Waals surface area contributed by atoms with Crippen molar-refractivity contribution in [2.75, 3.05) is 0 Å². The fourth-order valence-electron chi connectivity index (χ4n) is 3.17. The molecule has 1 aliphatic carbocycles. The van der Waals surface area contributed by atoms with Gasteiger partial charge in [0.1, 0.15) is 0 Å². The van der Waals surface area contributed by atoms with Crippen LogP contribution in [0, 0.1) is 0 Å². The number of fused-ring (bicyclic) bond motifs is 1. The number of nitrogens with zero attached hydrogens (tertiary/aromatic N) is 3. The Labute approximate surface area is 152 Å². The Hall–Kier alpha value is -2.76. The van der Waals surface area contributed by atoms with Gasteiger partial charge in [-0.15, -0.1) is 0 Å². The second kappa shape index (κ2) is 6.86. The van der Waals surface area contributed by atoms with E-state index in [4.69, 9.17) is 4.98 Å². The van der Waals surface area contributed by atoms with Gasteiger partial charge in [-0.3, -0.25) is 9.89 Å². The van der Waals surface area contributed by atoms with Gasteiger partial charge in [0, 0.05) is 11.5 Å². The topological polar surface area (TPSA) is 83.6 Å². The summed E-state index contributed by atoms with van der Waals surface area (Å²) < 4.78 is 0. The van der Waals surface area contributed by atoms with Gasteiger partial charge in [0.2, 0.25) is 0 Å². The minimum Gasteiger partial charge on any atom is -0.346 e. The van der Waals surface area contributed by atoms with Crippen LogP contribution < -0.4 is 5.32 Å². The maximum Gasteiger partial charge on any atom is 0.251 e. The zero-order valence-electron chi connectivity index (χ0n) is 15.2. The van der Waals surface area contributed by atoms with Crippen molar-refractivity contribution in [3.05, 3.63) is 52.6 Å². The lowest BCUT2D eigenvalue weighted by Crippen LogP contribution is -2.23. The molecule has 26 heavy (non-hydrogen) atoms. The van der Waals surface area contributed by atoms with Gasteiger partial charge in [-0.25, -0.2) is 9.97 Å². The van der Waals surface area contributed by atoms with E-state index in [1.807, 2.05) is 18.2 Å². The zero-order chi connectivity index (χ0) is 18.1. The molecule has 2 aromatic heterocycles. The molecule has 6 nitrogen and oxygen atoms in total. The number of rotatable bonds is 6. The van der Waals surface area contributed by atoms with Crippen LogP contribution in [0.4, 0.5) is 0 Å². The third-order valence-electron chi connectivity index (χ3n) is 4.84. The molecule has 1 aliphatic rings. The molecule has 0 atom stereocenters. The second-order valence-electron chi connectivity index (χ2n) is 6.80. The molecule has 1 amide bonds. The van der Waals surface area contributed by atoms with E-state index < -0.39 is 0 Å². The fraction of sp³-hybridized carbons (Fsp3) is 0.400. The van der Waals surface area contributed by atoms with Crippen molar-refractivity contribution in [2.45, 2.75) is 52.0 Å². The summed E-state index contributed by atoms with van der Waals surface area (Å²) >= 11 is 0. The van der Waals surface area contributed by atoms with Crippen LogP contribution in [0.3, 0.4) is 0 Å². The molecule has 0 spiro atoms. The van der Waals surface area contributed by atoms with Crippen molar-refractivity contribution in [1.29, 1.82) is 0 Å². The summed E-state index contributed by atoms with van der Waals surface area (Å²) in [6.45, 7) is 4.60. The van der Waals surface area contributed by atoms with Crippen LogP contribution >= 0.6 is 0 Å². The summed E-state index contributed by atoms with van der Waals surface area (Å²) in [6.07, 6.45) is 4.13. The van der Waals surface area contributed by atoms with Crippen LogP contribution in [-0.2, 0) is 19.4 Å². The highest BCUT2D eigenvalue weighted by molar-refractivity contribution is 5.97. The number of carbonyl (C=O) groups excluding carboxylic acids is 1. The Morgan fingerprint density at radius 3 is 2.54 bits per heavy atom. The Bertz CT molecular complexity index is 958. The molecule has 0 radical (unpaired) electrons. The van der Waals surface area contributed by atoms with Gasteiger partial charge in [0.05, 0.1) is 40.4 Å². The van der Waals surface area contributed by atoms with Gasteiger partial charge in [-0.1, -0.05) is 13.8 Å². The summed E-state index contributed by atoms with van der Waals surface area (Å²) in [5.74, 6) is 0.490. The van der Waals surface area contributed by atoms with Gasteiger partial charge in [0.15, 0.2) is 0 Å². The van der Waals surface area contributed by atoms with Crippen molar-refractivity contribution >= 4 is 16.9 Å². The number of hydrogen-bond donors (Lipinski definition) is 2. The molecule has 2 N–H and O–H groups in total.